The lowest BCUT2D eigenvalue weighted by Gasteiger charge is -1.97. The van der Waals surface area contributed by atoms with Crippen molar-refractivity contribution in [3.05, 3.63) is 29.6 Å². The number of aryl methyl sites for hydroxylation is 1. The number of carbonyl (C=O) groups is 1. The Morgan fingerprint density at radius 2 is 2.36 bits per heavy atom. The standard InChI is InChI=1S/C10H11N3O/c1-6-3-7-8(10(14)11-2)5-13-9(7)12-4-6/h3-5H,1-2H3,(H,11,14)(H,12,13). The van der Waals surface area contributed by atoms with Crippen LogP contribution in [-0.2, 0) is 0 Å². The topological polar surface area (TPSA) is 57.8 Å². The van der Waals surface area contributed by atoms with Gasteiger partial charge in [-0.25, -0.2) is 4.98 Å². The Morgan fingerprint density at radius 3 is 3.07 bits per heavy atom. The molecule has 4 nitrogen and oxygen atoms in total. The lowest BCUT2D eigenvalue weighted by Crippen LogP contribution is -2.17. The Labute approximate surface area is 81.3 Å². The molecule has 4 heteroatoms. The molecule has 0 saturated heterocycles. The van der Waals surface area contributed by atoms with Crippen LogP contribution >= 0.6 is 0 Å². The van der Waals surface area contributed by atoms with Crippen LogP contribution in [0.1, 0.15) is 15.9 Å². The van der Waals surface area contributed by atoms with Crippen molar-refractivity contribution in [3.63, 3.8) is 0 Å². The van der Waals surface area contributed by atoms with Crippen LogP contribution in [-0.4, -0.2) is 22.9 Å². The fourth-order valence-corrected chi connectivity index (χ4v) is 1.43. The Balaban J connectivity index is 2.67. The zero-order chi connectivity index (χ0) is 10.1. The second kappa shape index (κ2) is 3.14. The number of H-pyrrole nitrogens is 1. The SMILES string of the molecule is CNC(=O)c1c[nH]c2ncc(C)cc12. The van der Waals surface area contributed by atoms with Crippen LogP contribution in [0.2, 0.25) is 0 Å². The van der Waals surface area contributed by atoms with Crippen molar-refractivity contribution < 1.29 is 4.79 Å². The molecule has 0 aliphatic rings. The van der Waals surface area contributed by atoms with Crippen molar-refractivity contribution in [3.8, 4) is 0 Å². The normalized spacial score (nSPS) is 10.4. The predicted molar refractivity (Wildman–Crippen MR) is 54.2 cm³/mol. The summed E-state index contributed by atoms with van der Waals surface area (Å²) in [5, 5.41) is 3.46. The van der Waals surface area contributed by atoms with Crippen molar-refractivity contribution >= 4 is 16.9 Å². The number of hydrogen-bond donors (Lipinski definition) is 2. The highest BCUT2D eigenvalue weighted by Crippen LogP contribution is 2.16. The third-order valence-electron chi connectivity index (χ3n) is 2.14. The lowest BCUT2D eigenvalue weighted by atomic mass is 10.2. The third kappa shape index (κ3) is 1.25. The van der Waals surface area contributed by atoms with Crippen molar-refractivity contribution in [1.82, 2.24) is 15.3 Å². The molecule has 1 amide bonds. The molecule has 0 aliphatic carbocycles. The van der Waals surface area contributed by atoms with Gasteiger partial charge in [-0.2, -0.15) is 0 Å². The molecule has 0 bridgehead atoms. The van der Waals surface area contributed by atoms with Crippen molar-refractivity contribution in [2.45, 2.75) is 6.92 Å². The molecule has 0 radical (unpaired) electrons. The molecular weight excluding hydrogens is 178 g/mol. The smallest absolute Gasteiger partial charge is 0.253 e. The second-order valence-electron chi connectivity index (χ2n) is 3.19. The monoisotopic (exact) mass is 189 g/mol. The summed E-state index contributed by atoms with van der Waals surface area (Å²) in [5.41, 5.74) is 2.43. The first-order valence-corrected chi connectivity index (χ1v) is 4.38. The molecule has 14 heavy (non-hydrogen) atoms. The first-order valence-electron chi connectivity index (χ1n) is 4.38. The van der Waals surface area contributed by atoms with Gasteiger partial charge in [-0.15, -0.1) is 0 Å². The van der Waals surface area contributed by atoms with Crippen molar-refractivity contribution in [2.75, 3.05) is 7.05 Å². The molecule has 0 spiro atoms. The summed E-state index contributed by atoms with van der Waals surface area (Å²) >= 11 is 0. The molecule has 0 aromatic carbocycles. The average Bonchev–Trinajstić information content (AvgIpc) is 2.59. The maximum atomic E-state index is 11.4. The minimum Gasteiger partial charge on any atom is -0.355 e. The molecule has 0 saturated carbocycles. The van der Waals surface area contributed by atoms with E-state index >= 15 is 0 Å². The molecule has 2 heterocycles. The molecule has 0 aliphatic heterocycles. The van der Waals surface area contributed by atoms with Gasteiger partial charge in [0.1, 0.15) is 5.65 Å². The van der Waals surface area contributed by atoms with Crippen LogP contribution in [0.15, 0.2) is 18.5 Å². The van der Waals surface area contributed by atoms with Gasteiger partial charge in [0.25, 0.3) is 5.91 Å². The quantitative estimate of drug-likeness (QED) is 0.708. The van der Waals surface area contributed by atoms with Crippen LogP contribution in [0, 0.1) is 6.92 Å². The molecule has 2 rings (SSSR count). The highest BCUT2D eigenvalue weighted by Gasteiger charge is 2.10. The molecule has 2 aromatic rings. The Hall–Kier alpha value is -1.84. The molecule has 2 aromatic heterocycles. The third-order valence-corrected chi connectivity index (χ3v) is 2.14. The highest BCUT2D eigenvalue weighted by atomic mass is 16.1. The summed E-state index contributed by atoms with van der Waals surface area (Å²) in [6.45, 7) is 1.95. The van der Waals surface area contributed by atoms with E-state index in [1.807, 2.05) is 13.0 Å². The molecule has 0 atom stereocenters. The van der Waals surface area contributed by atoms with Gasteiger partial charge in [-0.1, -0.05) is 0 Å². The van der Waals surface area contributed by atoms with E-state index in [0.717, 1.165) is 16.6 Å². The lowest BCUT2D eigenvalue weighted by molar-refractivity contribution is 0.0965. The van der Waals surface area contributed by atoms with Gasteiger partial charge < -0.3 is 10.3 Å². The van der Waals surface area contributed by atoms with Gasteiger partial charge in [0.2, 0.25) is 0 Å². The van der Waals surface area contributed by atoms with Crippen LogP contribution in [0.5, 0.6) is 0 Å². The van der Waals surface area contributed by atoms with Gasteiger partial charge in [0.15, 0.2) is 0 Å². The zero-order valence-electron chi connectivity index (χ0n) is 8.09. The largest absolute Gasteiger partial charge is 0.355 e. The van der Waals surface area contributed by atoms with E-state index < -0.39 is 0 Å². The van der Waals surface area contributed by atoms with Crippen LogP contribution in [0.25, 0.3) is 11.0 Å². The summed E-state index contributed by atoms with van der Waals surface area (Å²) in [5.74, 6) is -0.0938. The van der Waals surface area contributed by atoms with Gasteiger partial charge in [0.05, 0.1) is 5.56 Å². The first kappa shape index (κ1) is 8.74. The van der Waals surface area contributed by atoms with Gasteiger partial charge in [0, 0.05) is 24.8 Å². The van der Waals surface area contributed by atoms with Gasteiger partial charge >= 0.3 is 0 Å². The summed E-state index contributed by atoms with van der Waals surface area (Å²) in [7, 11) is 1.62. The number of aromatic amines is 1. The van der Waals surface area contributed by atoms with Crippen LogP contribution < -0.4 is 5.32 Å². The molecular formula is C10H11N3O. The van der Waals surface area contributed by atoms with Gasteiger partial charge in [-0.05, 0) is 18.6 Å². The van der Waals surface area contributed by atoms with Gasteiger partial charge in [-0.3, -0.25) is 4.79 Å². The summed E-state index contributed by atoms with van der Waals surface area (Å²) in [4.78, 5) is 18.6. The zero-order valence-corrected chi connectivity index (χ0v) is 8.09. The van der Waals surface area contributed by atoms with E-state index in [4.69, 9.17) is 0 Å². The van der Waals surface area contributed by atoms with Crippen LogP contribution in [0.4, 0.5) is 0 Å². The number of hydrogen-bond acceptors (Lipinski definition) is 2. The number of pyridine rings is 1. The Kier molecular flexibility index (Phi) is 1.96. The number of rotatable bonds is 1. The summed E-state index contributed by atoms with van der Waals surface area (Å²) in [6, 6.07) is 1.95. The number of nitrogens with one attached hydrogen (secondary N) is 2. The summed E-state index contributed by atoms with van der Waals surface area (Å²) < 4.78 is 0. The van der Waals surface area contributed by atoms with E-state index in [1.54, 1.807) is 19.4 Å². The minimum absolute atomic E-state index is 0.0938. The predicted octanol–water partition coefficient (Wildman–Crippen LogP) is 1.23. The van der Waals surface area contributed by atoms with Crippen LogP contribution in [0.3, 0.4) is 0 Å². The van der Waals surface area contributed by atoms with E-state index in [0.29, 0.717) is 5.56 Å². The summed E-state index contributed by atoms with van der Waals surface area (Å²) in [6.07, 6.45) is 3.45. The maximum Gasteiger partial charge on any atom is 0.253 e. The highest BCUT2D eigenvalue weighted by molar-refractivity contribution is 6.05. The second-order valence-corrected chi connectivity index (χ2v) is 3.19. The molecule has 2 N–H and O–H groups in total. The van der Waals surface area contributed by atoms with E-state index in [-0.39, 0.29) is 5.91 Å². The Bertz CT molecular complexity index is 487. The number of amides is 1. The molecule has 72 valence electrons. The number of aromatic nitrogens is 2. The van der Waals surface area contributed by atoms with Crippen molar-refractivity contribution in [2.24, 2.45) is 0 Å². The molecule has 0 unspecified atom stereocenters. The van der Waals surface area contributed by atoms with E-state index in [9.17, 15) is 4.79 Å². The van der Waals surface area contributed by atoms with E-state index in [1.165, 1.54) is 0 Å². The fourth-order valence-electron chi connectivity index (χ4n) is 1.43. The van der Waals surface area contributed by atoms with Crippen molar-refractivity contribution in [1.29, 1.82) is 0 Å². The minimum atomic E-state index is -0.0938. The number of carbonyl (C=O) groups excluding carboxylic acids is 1. The average molecular weight is 189 g/mol. The first-order chi connectivity index (χ1) is 6.72. The number of nitrogens with zero attached hydrogens (tertiary/aromatic N) is 1. The maximum absolute atomic E-state index is 11.4. The number of fused-ring (bicyclic) bond motifs is 1. The van der Waals surface area contributed by atoms with E-state index in [2.05, 4.69) is 15.3 Å². The fraction of sp³-hybridized carbons (Fsp3) is 0.200. The molecule has 0 fully saturated rings. The Morgan fingerprint density at radius 1 is 1.57 bits per heavy atom.